The van der Waals surface area contributed by atoms with Crippen LogP contribution in [0, 0.1) is 20.8 Å². The second kappa shape index (κ2) is 7.20. The number of carbonyl (C=O) groups excluding carboxylic acids is 2. The van der Waals surface area contributed by atoms with Crippen molar-refractivity contribution in [1.29, 1.82) is 0 Å². The van der Waals surface area contributed by atoms with E-state index in [4.69, 9.17) is 17.3 Å². The third kappa shape index (κ3) is 3.83. The first-order valence-electron chi connectivity index (χ1n) is 8.18. The summed E-state index contributed by atoms with van der Waals surface area (Å²) >= 11 is 6.02. The van der Waals surface area contributed by atoms with Gasteiger partial charge in [0.25, 0.3) is 5.91 Å². The Hall–Kier alpha value is -3.19. The van der Waals surface area contributed by atoms with Gasteiger partial charge in [-0.25, -0.2) is 0 Å². The van der Waals surface area contributed by atoms with Gasteiger partial charge in [-0.3, -0.25) is 9.59 Å². The Kier molecular flexibility index (Phi) is 4.96. The topological polar surface area (TPSA) is 103 Å². The van der Waals surface area contributed by atoms with Gasteiger partial charge >= 0.3 is 0 Å². The molecule has 8 heteroatoms. The average molecular weight is 384 g/mol. The quantitative estimate of drug-likeness (QED) is 0.721. The molecular formula is C19H18ClN5O2. The molecule has 1 aromatic heterocycles. The normalized spacial score (nSPS) is 10.7. The number of hydrogen-bond donors (Lipinski definition) is 2. The predicted octanol–water partition coefficient (Wildman–Crippen LogP) is 3.20. The second-order valence-corrected chi connectivity index (χ2v) is 6.63. The molecule has 0 spiro atoms. The highest BCUT2D eigenvalue weighted by atomic mass is 35.5. The molecule has 3 rings (SSSR count). The fraction of sp³-hybridized carbons (Fsp3) is 0.158. The number of halogens is 1. The zero-order chi connectivity index (χ0) is 19.7. The van der Waals surface area contributed by atoms with Crippen LogP contribution in [-0.4, -0.2) is 26.8 Å². The van der Waals surface area contributed by atoms with Crippen LogP contribution < -0.4 is 11.1 Å². The zero-order valence-corrected chi connectivity index (χ0v) is 15.8. The summed E-state index contributed by atoms with van der Waals surface area (Å²) in [5.74, 6) is -1.06. The van der Waals surface area contributed by atoms with Crippen LogP contribution in [0.3, 0.4) is 0 Å². The molecule has 3 aromatic rings. The molecule has 138 valence electrons. The number of nitrogens with two attached hydrogens (primary N) is 1. The van der Waals surface area contributed by atoms with Crippen molar-refractivity contribution >= 4 is 29.1 Å². The van der Waals surface area contributed by atoms with Crippen molar-refractivity contribution in [2.75, 3.05) is 5.32 Å². The van der Waals surface area contributed by atoms with Gasteiger partial charge in [0.1, 0.15) is 0 Å². The van der Waals surface area contributed by atoms with E-state index in [9.17, 15) is 9.59 Å². The Labute approximate surface area is 161 Å². The minimum Gasteiger partial charge on any atom is -0.366 e. The summed E-state index contributed by atoms with van der Waals surface area (Å²) < 4.78 is 0. The fourth-order valence-corrected chi connectivity index (χ4v) is 2.98. The van der Waals surface area contributed by atoms with Crippen molar-refractivity contribution < 1.29 is 9.59 Å². The Bertz CT molecular complexity index is 1060. The molecule has 0 unspecified atom stereocenters. The van der Waals surface area contributed by atoms with E-state index in [1.165, 1.54) is 16.9 Å². The number of anilines is 1. The Morgan fingerprint density at radius 1 is 1.07 bits per heavy atom. The average Bonchev–Trinajstić information content (AvgIpc) is 2.96. The van der Waals surface area contributed by atoms with Crippen LogP contribution >= 0.6 is 11.6 Å². The molecule has 3 N–H and O–H groups in total. The van der Waals surface area contributed by atoms with Crippen LogP contribution in [-0.2, 0) is 0 Å². The van der Waals surface area contributed by atoms with Crippen LogP contribution in [0.15, 0.2) is 36.4 Å². The third-order valence-electron chi connectivity index (χ3n) is 4.06. The van der Waals surface area contributed by atoms with Gasteiger partial charge in [0, 0.05) is 5.69 Å². The Balaban J connectivity index is 1.87. The van der Waals surface area contributed by atoms with Crippen LogP contribution in [0.5, 0.6) is 0 Å². The van der Waals surface area contributed by atoms with Gasteiger partial charge in [-0.2, -0.15) is 9.90 Å². The maximum Gasteiger partial charge on any atom is 0.278 e. The van der Waals surface area contributed by atoms with E-state index in [0.29, 0.717) is 11.4 Å². The summed E-state index contributed by atoms with van der Waals surface area (Å²) in [5.41, 5.74) is 9.47. The van der Waals surface area contributed by atoms with Crippen molar-refractivity contribution in [1.82, 2.24) is 15.0 Å². The summed E-state index contributed by atoms with van der Waals surface area (Å²) in [5, 5.41) is 11.5. The van der Waals surface area contributed by atoms with E-state index < -0.39 is 11.8 Å². The number of aromatic nitrogens is 3. The zero-order valence-electron chi connectivity index (χ0n) is 15.1. The lowest BCUT2D eigenvalue weighted by Crippen LogP contribution is -2.15. The molecule has 0 fully saturated rings. The van der Waals surface area contributed by atoms with E-state index in [2.05, 4.69) is 15.5 Å². The number of carbonyl (C=O) groups is 2. The molecule has 0 bridgehead atoms. The minimum absolute atomic E-state index is 0.163. The molecule has 1 heterocycles. The van der Waals surface area contributed by atoms with Gasteiger partial charge in [0.15, 0.2) is 5.69 Å². The number of rotatable bonds is 4. The van der Waals surface area contributed by atoms with Gasteiger partial charge in [0.05, 0.1) is 22.0 Å². The van der Waals surface area contributed by atoms with E-state index >= 15 is 0 Å². The number of primary amides is 1. The highest BCUT2D eigenvalue weighted by molar-refractivity contribution is 6.34. The molecule has 0 aliphatic rings. The monoisotopic (exact) mass is 383 g/mol. The first-order chi connectivity index (χ1) is 12.8. The molecular weight excluding hydrogens is 366 g/mol. The van der Waals surface area contributed by atoms with Crippen molar-refractivity contribution in [2.45, 2.75) is 20.8 Å². The largest absolute Gasteiger partial charge is 0.366 e. The molecule has 0 saturated carbocycles. The lowest BCUT2D eigenvalue weighted by Gasteiger charge is -2.06. The molecule has 27 heavy (non-hydrogen) atoms. The van der Waals surface area contributed by atoms with Crippen molar-refractivity contribution in [3.05, 3.63) is 69.5 Å². The molecule has 0 atom stereocenters. The summed E-state index contributed by atoms with van der Waals surface area (Å²) in [6, 6.07) is 10.4. The first-order valence-corrected chi connectivity index (χ1v) is 8.56. The van der Waals surface area contributed by atoms with Gasteiger partial charge in [-0.05, 0) is 50.6 Å². The second-order valence-electron chi connectivity index (χ2n) is 6.23. The fourth-order valence-electron chi connectivity index (χ4n) is 2.71. The summed E-state index contributed by atoms with van der Waals surface area (Å²) in [4.78, 5) is 25.3. The summed E-state index contributed by atoms with van der Waals surface area (Å²) in [7, 11) is 0. The molecule has 7 nitrogen and oxygen atoms in total. The van der Waals surface area contributed by atoms with Crippen molar-refractivity contribution in [3.63, 3.8) is 0 Å². The van der Waals surface area contributed by atoms with E-state index in [0.717, 1.165) is 16.8 Å². The van der Waals surface area contributed by atoms with Gasteiger partial charge in [-0.1, -0.05) is 29.3 Å². The lowest BCUT2D eigenvalue weighted by atomic mass is 10.1. The van der Waals surface area contributed by atoms with Gasteiger partial charge in [-0.15, -0.1) is 5.10 Å². The maximum absolute atomic E-state index is 12.6. The number of benzene rings is 2. The highest BCUT2D eigenvalue weighted by Crippen LogP contribution is 2.21. The minimum atomic E-state index is -0.634. The van der Waals surface area contributed by atoms with Gasteiger partial charge < -0.3 is 11.1 Å². The molecule has 2 amide bonds. The SMILES string of the molecule is Cc1ccc(-n2nc(C)c(C(=O)Nc3ccc(C(N)=O)c(Cl)c3)n2)c(C)c1. The van der Waals surface area contributed by atoms with E-state index in [1.807, 2.05) is 32.0 Å². The van der Waals surface area contributed by atoms with Crippen molar-refractivity contribution in [3.8, 4) is 5.69 Å². The standard InChI is InChI=1S/C19H18ClN5O2/c1-10-4-7-16(11(2)8-10)25-23-12(3)17(24-25)19(27)22-13-5-6-14(18(21)26)15(20)9-13/h4-9H,1-3H3,(H2,21,26)(H,22,27). The summed E-state index contributed by atoms with van der Waals surface area (Å²) in [6.45, 7) is 5.68. The maximum atomic E-state index is 12.6. The molecule has 0 aliphatic carbocycles. The molecule has 0 radical (unpaired) electrons. The van der Waals surface area contributed by atoms with Gasteiger partial charge in [0.2, 0.25) is 5.91 Å². The Morgan fingerprint density at radius 2 is 1.81 bits per heavy atom. The van der Waals surface area contributed by atoms with Crippen LogP contribution in [0.1, 0.15) is 37.7 Å². The number of amides is 2. The number of nitrogens with one attached hydrogen (secondary N) is 1. The number of nitrogens with zero attached hydrogens (tertiary/aromatic N) is 3. The first kappa shape index (κ1) is 18.6. The van der Waals surface area contributed by atoms with Crippen LogP contribution in [0.2, 0.25) is 5.02 Å². The number of hydrogen-bond acceptors (Lipinski definition) is 4. The molecule has 0 saturated heterocycles. The third-order valence-corrected chi connectivity index (χ3v) is 4.37. The van der Waals surface area contributed by atoms with Crippen LogP contribution in [0.25, 0.3) is 5.69 Å². The number of aryl methyl sites for hydroxylation is 3. The van der Waals surface area contributed by atoms with Crippen LogP contribution in [0.4, 0.5) is 5.69 Å². The Morgan fingerprint density at radius 3 is 2.44 bits per heavy atom. The highest BCUT2D eigenvalue weighted by Gasteiger charge is 2.18. The van der Waals surface area contributed by atoms with E-state index in [-0.39, 0.29) is 16.3 Å². The molecule has 2 aromatic carbocycles. The molecule has 0 aliphatic heterocycles. The van der Waals surface area contributed by atoms with E-state index in [1.54, 1.807) is 13.0 Å². The lowest BCUT2D eigenvalue weighted by molar-refractivity contribution is 0.0997. The smallest absolute Gasteiger partial charge is 0.278 e. The predicted molar refractivity (Wildman–Crippen MR) is 103 cm³/mol. The summed E-state index contributed by atoms with van der Waals surface area (Å²) in [6.07, 6.45) is 0. The van der Waals surface area contributed by atoms with Crippen molar-refractivity contribution in [2.24, 2.45) is 5.73 Å².